The van der Waals surface area contributed by atoms with Crippen LogP contribution in [0, 0.1) is 19.3 Å². The van der Waals surface area contributed by atoms with Crippen molar-refractivity contribution in [2.24, 2.45) is 0 Å². The second-order valence-electron chi connectivity index (χ2n) is 1.66. The topological polar surface area (TPSA) is 26.3 Å². The lowest BCUT2D eigenvalue weighted by Gasteiger charge is -2.05. The Bertz CT molecular complexity index is 71.3. The summed E-state index contributed by atoms with van der Waals surface area (Å²) >= 11 is 0. The van der Waals surface area contributed by atoms with Gasteiger partial charge in [0.15, 0.2) is 0 Å². The molecule has 2 heteroatoms. The highest BCUT2D eigenvalue weighted by molar-refractivity contribution is 5.37. The zero-order valence-electron chi connectivity index (χ0n) is 5.70. The van der Waals surface area contributed by atoms with Crippen molar-refractivity contribution in [3.05, 3.63) is 19.3 Å². The van der Waals surface area contributed by atoms with Gasteiger partial charge in [-0.05, 0) is 19.8 Å². The third-order valence-electron chi connectivity index (χ3n) is 0.845. The predicted molar refractivity (Wildman–Crippen MR) is 35.2 cm³/mol. The maximum Gasteiger partial charge on any atom is 0.293 e. The van der Waals surface area contributed by atoms with E-state index in [9.17, 15) is 4.79 Å². The predicted octanol–water partition coefficient (Wildman–Crippen LogP) is 1.18. The molecule has 0 heterocycles. The summed E-state index contributed by atoms with van der Waals surface area (Å²) in [5.41, 5.74) is 0. The Morgan fingerprint density at radius 3 is 2.67 bits per heavy atom. The summed E-state index contributed by atoms with van der Waals surface area (Å²) in [6.07, 6.45) is 5.41. The van der Waals surface area contributed by atoms with Crippen LogP contribution in [0.4, 0.5) is 0 Å². The van der Waals surface area contributed by atoms with Gasteiger partial charge in [-0.15, -0.1) is 0 Å². The van der Waals surface area contributed by atoms with Crippen LogP contribution in [0.3, 0.4) is 0 Å². The van der Waals surface area contributed by atoms with E-state index in [1.54, 1.807) is 13.3 Å². The van der Waals surface area contributed by atoms with Gasteiger partial charge in [0.1, 0.15) is 6.10 Å². The highest BCUT2D eigenvalue weighted by Crippen LogP contribution is 1.98. The number of rotatable bonds is 5. The molecule has 0 unspecified atom stereocenters. The van der Waals surface area contributed by atoms with Gasteiger partial charge < -0.3 is 4.74 Å². The van der Waals surface area contributed by atoms with E-state index < -0.39 is 0 Å². The maximum atomic E-state index is 9.71. The molecule has 0 amide bonds. The lowest BCUT2D eigenvalue weighted by atomic mass is 10.2. The monoisotopic (exact) mass is 127 g/mol. The van der Waals surface area contributed by atoms with E-state index >= 15 is 0 Å². The summed E-state index contributed by atoms with van der Waals surface area (Å²) < 4.78 is 4.56. The molecule has 0 aliphatic carbocycles. The van der Waals surface area contributed by atoms with E-state index in [0.29, 0.717) is 6.47 Å². The van der Waals surface area contributed by atoms with Gasteiger partial charge in [0.25, 0.3) is 6.47 Å². The van der Waals surface area contributed by atoms with Crippen LogP contribution in [-0.4, -0.2) is 12.6 Å². The van der Waals surface area contributed by atoms with E-state index in [4.69, 9.17) is 0 Å². The third kappa shape index (κ3) is 5.34. The number of hydrogen-bond donors (Lipinski definition) is 0. The number of unbranched alkanes of at least 4 members (excludes halogenated alkanes) is 1. The van der Waals surface area contributed by atoms with Crippen molar-refractivity contribution >= 4 is 6.47 Å². The lowest BCUT2D eigenvalue weighted by molar-refractivity contribution is -0.131. The number of hydrogen-bond acceptors (Lipinski definition) is 2. The molecule has 0 aromatic rings. The van der Waals surface area contributed by atoms with Gasteiger partial charge in [-0.25, -0.2) is 0 Å². The molecule has 2 nitrogen and oxygen atoms in total. The van der Waals surface area contributed by atoms with Gasteiger partial charge in [-0.1, -0.05) is 6.92 Å². The van der Waals surface area contributed by atoms with Crippen LogP contribution in [0.15, 0.2) is 0 Å². The fraction of sp³-hybridized carbons (Fsp3) is 0.429. The zero-order valence-corrected chi connectivity index (χ0v) is 5.70. The minimum Gasteiger partial charge on any atom is -0.465 e. The highest BCUT2D eigenvalue weighted by Gasteiger charge is 1.98. The number of carbonyl (C=O) groups excluding carboxylic acids is 1. The molecule has 0 fully saturated rings. The Hall–Kier alpha value is -0.530. The molecule has 9 heavy (non-hydrogen) atoms. The van der Waals surface area contributed by atoms with E-state index in [1.807, 2.05) is 19.8 Å². The Morgan fingerprint density at radius 2 is 2.22 bits per heavy atom. The summed E-state index contributed by atoms with van der Waals surface area (Å²) in [4.78, 5) is 9.71. The molecule has 0 aromatic heterocycles. The summed E-state index contributed by atoms with van der Waals surface area (Å²) in [6, 6.07) is 0. The van der Waals surface area contributed by atoms with Crippen LogP contribution in [0.5, 0.6) is 0 Å². The first-order valence-corrected chi connectivity index (χ1v) is 2.86. The van der Waals surface area contributed by atoms with Crippen molar-refractivity contribution < 1.29 is 9.53 Å². The number of carbonyl (C=O) groups is 1. The average Bonchev–Trinajstić information content (AvgIpc) is 1.85. The SMILES string of the molecule is C[CH][CH][CH][C@@H](C)OC=O. The maximum absolute atomic E-state index is 9.71. The Balaban J connectivity index is 3.04. The van der Waals surface area contributed by atoms with Crippen LogP contribution in [0.25, 0.3) is 0 Å². The van der Waals surface area contributed by atoms with Crippen LogP contribution in [0.2, 0.25) is 0 Å². The first kappa shape index (κ1) is 8.47. The fourth-order valence-corrected chi connectivity index (χ4v) is 0.401. The summed E-state index contributed by atoms with van der Waals surface area (Å²) in [7, 11) is 0. The Labute approximate surface area is 56.2 Å². The quantitative estimate of drug-likeness (QED) is 0.518. The second kappa shape index (κ2) is 5.60. The van der Waals surface area contributed by atoms with Gasteiger partial charge in [0.05, 0.1) is 0 Å². The van der Waals surface area contributed by atoms with Crippen LogP contribution >= 0.6 is 0 Å². The molecule has 0 bridgehead atoms. The smallest absolute Gasteiger partial charge is 0.293 e. The van der Waals surface area contributed by atoms with Gasteiger partial charge >= 0.3 is 0 Å². The van der Waals surface area contributed by atoms with E-state index in [-0.39, 0.29) is 6.10 Å². The molecular weight excluding hydrogens is 116 g/mol. The van der Waals surface area contributed by atoms with Crippen LogP contribution < -0.4 is 0 Å². The van der Waals surface area contributed by atoms with E-state index in [1.165, 1.54) is 0 Å². The normalized spacial score (nSPS) is 12.7. The molecule has 0 aliphatic rings. The van der Waals surface area contributed by atoms with Crippen molar-refractivity contribution in [2.75, 3.05) is 0 Å². The molecule has 0 spiro atoms. The van der Waals surface area contributed by atoms with Crippen molar-refractivity contribution in [3.8, 4) is 0 Å². The summed E-state index contributed by atoms with van der Waals surface area (Å²) in [5, 5.41) is 0. The van der Waals surface area contributed by atoms with Gasteiger partial charge in [0.2, 0.25) is 0 Å². The van der Waals surface area contributed by atoms with Crippen molar-refractivity contribution in [1.29, 1.82) is 0 Å². The minimum absolute atomic E-state index is 0.112. The molecule has 3 radical (unpaired) electrons. The molecule has 0 aliphatic heterocycles. The van der Waals surface area contributed by atoms with Crippen molar-refractivity contribution in [2.45, 2.75) is 20.0 Å². The van der Waals surface area contributed by atoms with E-state index in [0.717, 1.165) is 0 Å². The largest absolute Gasteiger partial charge is 0.465 e. The molecule has 1 atom stereocenters. The molecule has 0 N–H and O–H groups in total. The first-order valence-electron chi connectivity index (χ1n) is 2.86. The third-order valence-corrected chi connectivity index (χ3v) is 0.845. The van der Waals surface area contributed by atoms with Crippen molar-refractivity contribution in [1.82, 2.24) is 0 Å². The van der Waals surface area contributed by atoms with Crippen molar-refractivity contribution in [3.63, 3.8) is 0 Å². The lowest BCUT2D eigenvalue weighted by Crippen LogP contribution is -2.07. The van der Waals surface area contributed by atoms with E-state index in [2.05, 4.69) is 4.74 Å². The van der Waals surface area contributed by atoms with Crippen LogP contribution in [0.1, 0.15) is 13.8 Å². The average molecular weight is 127 g/mol. The number of ether oxygens (including phenoxy) is 1. The standard InChI is InChI=1S/C7H11O2/c1-3-4-5-7(2)9-6-8/h3-7H,1-2H3/t7-/m1/s1. The van der Waals surface area contributed by atoms with Gasteiger partial charge in [0, 0.05) is 6.42 Å². The fourth-order valence-electron chi connectivity index (χ4n) is 0.401. The highest BCUT2D eigenvalue weighted by atomic mass is 16.5. The second-order valence-corrected chi connectivity index (χ2v) is 1.66. The molecule has 0 saturated heterocycles. The van der Waals surface area contributed by atoms with Crippen LogP contribution in [-0.2, 0) is 9.53 Å². The summed E-state index contributed by atoms with van der Waals surface area (Å²) in [6.45, 7) is 4.16. The molecule has 0 rings (SSSR count). The molecule has 51 valence electrons. The summed E-state index contributed by atoms with van der Waals surface area (Å²) in [5.74, 6) is 0. The Kier molecular flexibility index (Phi) is 5.27. The van der Waals surface area contributed by atoms with Gasteiger partial charge in [-0.2, -0.15) is 0 Å². The Morgan fingerprint density at radius 1 is 1.56 bits per heavy atom. The zero-order chi connectivity index (χ0) is 7.11. The molecular formula is C7H11O2. The van der Waals surface area contributed by atoms with Gasteiger partial charge in [-0.3, -0.25) is 4.79 Å². The first-order chi connectivity index (χ1) is 4.31. The minimum atomic E-state index is -0.112. The molecule has 0 aromatic carbocycles. The molecule has 0 saturated carbocycles.